The summed E-state index contributed by atoms with van der Waals surface area (Å²) in [6.07, 6.45) is 12.6. The largest absolute Gasteiger partial charge is 0.466 e. The van der Waals surface area contributed by atoms with Crippen LogP contribution in [0.15, 0.2) is 0 Å². The molecule has 2 saturated heterocycles. The molecular weight excluding hydrogens is 264 g/mol. The molecule has 2 heterocycles. The highest BCUT2D eigenvalue weighted by Crippen LogP contribution is 2.42. The summed E-state index contributed by atoms with van der Waals surface area (Å²) in [5, 5.41) is 0. The van der Waals surface area contributed by atoms with Crippen molar-refractivity contribution >= 4 is 5.97 Å². The molecule has 2 bridgehead atoms. The Labute approximate surface area is 129 Å². The van der Waals surface area contributed by atoms with Gasteiger partial charge in [-0.2, -0.15) is 0 Å². The van der Waals surface area contributed by atoms with E-state index in [1.807, 2.05) is 6.92 Å². The van der Waals surface area contributed by atoms with E-state index < -0.39 is 0 Å². The minimum absolute atomic E-state index is 0.0181. The third-order valence-corrected chi connectivity index (χ3v) is 4.85. The van der Waals surface area contributed by atoms with E-state index in [4.69, 9.17) is 9.47 Å². The summed E-state index contributed by atoms with van der Waals surface area (Å²) in [5.74, 6) is 0.620. The first-order valence-corrected chi connectivity index (χ1v) is 8.72. The van der Waals surface area contributed by atoms with Gasteiger partial charge in [-0.05, 0) is 57.8 Å². The van der Waals surface area contributed by atoms with Crippen molar-refractivity contribution in [3.05, 3.63) is 13.0 Å². The Morgan fingerprint density at radius 3 is 2.95 bits per heavy atom. The normalized spacial score (nSPS) is 27.3. The van der Waals surface area contributed by atoms with Crippen molar-refractivity contribution in [2.24, 2.45) is 11.8 Å². The molecule has 0 spiro atoms. The van der Waals surface area contributed by atoms with E-state index >= 15 is 0 Å². The van der Waals surface area contributed by atoms with Gasteiger partial charge in [-0.25, -0.2) is 0 Å². The first-order valence-electron chi connectivity index (χ1n) is 8.72. The maximum Gasteiger partial charge on any atom is 0.308 e. The van der Waals surface area contributed by atoms with Gasteiger partial charge in [0.25, 0.3) is 0 Å². The second-order valence-electron chi connectivity index (χ2n) is 6.39. The summed E-state index contributed by atoms with van der Waals surface area (Å²) < 4.78 is 11.4. The molecule has 3 heteroatoms. The quantitative estimate of drug-likeness (QED) is 0.620. The Morgan fingerprint density at radius 2 is 2.19 bits per heavy atom. The van der Waals surface area contributed by atoms with Gasteiger partial charge in [0.05, 0.1) is 18.6 Å². The maximum absolute atomic E-state index is 12.1. The molecule has 2 aliphatic heterocycles. The lowest BCUT2D eigenvalue weighted by Gasteiger charge is -2.33. The third kappa shape index (κ3) is 4.98. The van der Waals surface area contributed by atoms with Gasteiger partial charge >= 0.3 is 5.97 Å². The van der Waals surface area contributed by atoms with Crippen LogP contribution in [0.25, 0.3) is 0 Å². The van der Waals surface area contributed by atoms with Crippen LogP contribution in [-0.4, -0.2) is 18.7 Å². The van der Waals surface area contributed by atoms with Gasteiger partial charge < -0.3 is 9.47 Å². The molecule has 3 nitrogen and oxygen atoms in total. The molecule has 0 amide bonds. The van der Waals surface area contributed by atoms with E-state index in [0.717, 1.165) is 32.1 Å². The van der Waals surface area contributed by atoms with Crippen LogP contribution in [0.1, 0.15) is 71.1 Å². The molecule has 1 saturated carbocycles. The van der Waals surface area contributed by atoms with E-state index in [1.165, 1.54) is 38.2 Å². The Hall–Kier alpha value is -0.570. The number of ether oxygens (including phenoxy) is 2. The number of hydrogen-bond acceptors (Lipinski definition) is 3. The Bertz CT molecular complexity index is 312. The number of unbranched alkanes of at least 4 members (excludes halogenated alkanes) is 1. The number of rotatable bonds is 8. The van der Waals surface area contributed by atoms with Gasteiger partial charge in [0.15, 0.2) is 0 Å². The zero-order valence-electron chi connectivity index (χ0n) is 13.4. The zero-order chi connectivity index (χ0) is 15.1. The van der Waals surface area contributed by atoms with Crippen molar-refractivity contribution in [1.29, 1.82) is 0 Å². The molecule has 0 N–H and O–H groups in total. The van der Waals surface area contributed by atoms with Gasteiger partial charge in [0.1, 0.15) is 6.10 Å². The highest BCUT2D eigenvalue weighted by molar-refractivity contribution is 5.72. The monoisotopic (exact) mass is 294 g/mol. The molecule has 2 radical (unpaired) electrons. The van der Waals surface area contributed by atoms with Crippen LogP contribution in [0.4, 0.5) is 0 Å². The molecule has 0 aromatic carbocycles. The Morgan fingerprint density at radius 1 is 1.33 bits per heavy atom. The fourth-order valence-corrected chi connectivity index (χ4v) is 3.63. The van der Waals surface area contributed by atoms with Gasteiger partial charge in [0.2, 0.25) is 0 Å². The van der Waals surface area contributed by atoms with E-state index in [0.29, 0.717) is 18.6 Å². The molecule has 0 aromatic rings. The average Bonchev–Trinajstić information content (AvgIpc) is 2.82. The Kier molecular flexibility index (Phi) is 7.01. The minimum atomic E-state index is -0.0367. The highest BCUT2D eigenvalue weighted by Gasteiger charge is 2.35. The molecule has 3 aliphatic rings. The van der Waals surface area contributed by atoms with Crippen molar-refractivity contribution in [2.75, 3.05) is 6.61 Å². The smallest absolute Gasteiger partial charge is 0.308 e. The molecule has 3 fully saturated rings. The summed E-state index contributed by atoms with van der Waals surface area (Å²) in [5.41, 5.74) is 0. The van der Waals surface area contributed by atoms with Crippen LogP contribution in [0.2, 0.25) is 0 Å². The van der Waals surface area contributed by atoms with E-state index in [9.17, 15) is 4.79 Å². The molecule has 1 aliphatic carbocycles. The number of hydrogen-bond donors (Lipinski definition) is 0. The van der Waals surface area contributed by atoms with Gasteiger partial charge in [-0.3, -0.25) is 4.79 Å². The highest BCUT2D eigenvalue weighted by atomic mass is 16.5. The van der Waals surface area contributed by atoms with Crippen LogP contribution < -0.4 is 0 Å². The van der Waals surface area contributed by atoms with Crippen LogP contribution in [0.3, 0.4) is 0 Å². The molecule has 0 aromatic heterocycles. The Balaban J connectivity index is 1.83. The summed E-state index contributed by atoms with van der Waals surface area (Å²) in [6.45, 7) is 6.22. The predicted octanol–water partition coefficient (Wildman–Crippen LogP) is 4.46. The number of carbonyl (C=O) groups excluding carboxylic acids is 1. The molecular formula is C18H30O3. The van der Waals surface area contributed by atoms with Crippen LogP contribution in [0, 0.1) is 24.9 Å². The second kappa shape index (κ2) is 8.77. The van der Waals surface area contributed by atoms with Crippen LogP contribution >= 0.6 is 0 Å². The zero-order valence-corrected chi connectivity index (χ0v) is 13.4. The fraction of sp³-hybridized carbons (Fsp3) is 0.833. The molecule has 21 heavy (non-hydrogen) atoms. The number of fused-ring (bicyclic) bond motifs is 4. The first-order chi connectivity index (χ1) is 10.2. The predicted molar refractivity (Wildman–Crippen MR) is 83.3 cm³/mol. The second-order valence-corrected chi connectivity index (χ2v) is 6.39. The van der Waals surface area contributed by atoms with E-state index in [-0.39, 0.29) is 11.9 Å². The first kappa shape index (κ1) is 16.8. The fourth-order valence-electron chi connectivity index (χ4n) is 3.63. The molecule has 120 valence electrons. The summed E-state index contributed by atoms with van der Waals surface area (Å²) in [6, 6.07) is 0. The topological polar surface area (TPSA) is 35.5 Å². The lowest BCUT2D eigenvalue weighted by atomic mass is 9.86. The SMILES string of the molecule is [CH2]CCCC(CC[C]1OC2CCCC1CC2)C(=O)OCC. The van der Waals surface area contributed by atoms with Crippen LogP contribution in [-0.2, 0) is 14.3 Å². The minimum Gasteiger partial charge on any atom is -0.466 e. The van der Waals surface area contributed by atoms with Crippen LogP contribution in [0.5, 0.6) is 0 Å². The van der Waals surface area contributed by atoms with Crippen molar-refractivity contribution in [1.82, 2.24) is 0 Å². The van der Waals surface area contributed by atoms with Gasteiger partial charge in [-0.1, -0.05) is 26.2 Å². The van der Waals surface area contributed by atoms with Gasteiger partial charge in [-0.15, -0.1) is 0 Å². The van der Waals surface area contributed by atoms with Crippen molar-refractivity contribution in [3.63, 3.8) is 0 Å². The molecule has 3 rings (SSSR count). The molecule has 3 unspecified atom stereocenters. The van der Waals surface area contributed by atoms with Crippen molar-refractivity contribution in [3.8, 4) is 0 Å². The number of esters is 1. The van der Waals surface area contributed by atoms with Gasteiger partial charge in [0, 0.05) is 0 Å². The standard InChI is InChI=1S/C18H30O3/c1-3-5-7-15(18(19)20-4-2)11-13-17-14-8-6-9-16(21-17)12-10-14/h14-16H,1,3-13H2,2H3. The van der Waals surface area contributed by atoms with Crippen molar-refractivity contribution < 1.29 is 14.3 Å². The van der Waals surface area contributed by atoms with E-state index in [2.05, 4.69) is 6.92 Å². The lowest BCUT2D eigenvalue weighted by molar-refractivity contribution is -0.148. The summed E-state index contributed by atoms with van der Waals surface area (Å²) >= 11 is 0. The summed E-state index contributed by atoms with van der Waals surface area (Å²) in [4.78, 5) is 12.1. The van der Waals surface area contributed by atoms with Crippen molar-refractivity contribution in [2.45, 2.75) is 77.2 Å². The lowest BCUT2D eigenvalue weighted by Crippen LogP contribution is -2.27. The third-order valence-electron chi connectivity index (χ3n) is 4.85. The summed E-state index contributed by atoms with van der Waals surface area (Å²) in [7, 11) is 0. The number of carbonyl (C=O) groups is 1. The average molecular weight is 294 g/mol. The van der Waals surface area contributed by atoms with E-state index in [1.54, 1.807) is 0 Å². The molecule has 3 atom stereocenters. The maximum atomic E-state index is 12.1.